The molecule has 0 spiro atoms. The maximum atomic E-state index is 12.6. The number of benzene rings is 2. The second-order valence-electron chi connectivity index (χ2n) is 7.33. The third-order valence-corrected chi connectivity index (χ3v) is 5.61. The maximum absolute atomic E-state index is 12.6. The van der Waals surface area contributed by atoms with E-state index in [0.29, 0.717) is 13.2 Å². The molecule has 2 aromatic carbocycles. The highest BCUT2D eigenvalue weighted by atomic mass is 16.5. The number of carbonyl (C=O) groups excluding carboxylic acids is 1. The quantitative estimate of drug-likeness (QED) is 0.765. The van der Waals surface area contributed by atoms with Crippen LogP contribution in [0.25, 0.3) is 10.8 Å². The van der Waals surface area contributed by atoms with Crippen molar-refractivity contribution in [1.82, 2.24) is 5.32 Å². The third-order valence-electron chi connectivity index (χ3n) is 5.61. The number of hydrogen-bond donors (Lipinski definition) is 2. The number of methoxy groups -OCH3 is 1. The Morgan fingerprint density at radius 1 is 1.18 bits per heavy atom. The standard InChI is InChI=1S/C22H27NO5/c1-14(16-3-4-18-12-19(27-2)6-5-17(18)11-16)21(24)23-13-20(22(25)26)15-7-9-28-10-8-15/h3-6,11-12,14-15,20H,7-10,13H2,1-2H3,(H,23,24)(H,25,26)/t14-,20?/m0/s1. The van der Waals surface area contributed by atoms with Crippen LogP contribution in [0.15, 0.2) is 36.4 Å². The van der Waals surface area contributed by atoms with Crippen LogP contribution in [0, 0.1) is 11.8 Å². The summed E-state index contributed by atoms with van der Waals surface area (Å²) in [5.74, 6) is -1.14. The van der Waals surface area contributed by atoms with Crippen LogP contribution in [0.3, 0.4) is 0 Å². The number of ether oxygens (including phenoxy) is 2. The highest BCUT2D eigenvalue weighted by Gasteiger charge is 2.30. The molecule has 3 rings (SSSR count). The van der Waals surface area contributed by atoms with Crippen molar-refractivity contribution in [1.29, 1.82) is 0 Å². The Labute approximate surface area is 164 Å². The molecule has 0 radical (unpaired) electrons. The van der Waals surface area contributed by atoms with E-state index in [-0.39, 0.29) is 24.3 Å². The Balaban J connectivity index is 1.66. The van der Waals surface area contributed by atoms with Gasteiger partial charge in [-0.25, -0.2) is 0 Å². The Morgan fingerprint density at radius 3 is 2.54 bits per heavy atom. The molecule has 1 saturated heterocycles. The summed E-state index contributed by atoms with van der Waals surface area (Å²) in [6.07, 6.45) is 1.44. The number of fused-ring (bicyclic) bond motifs is 1. The van der Waals surface area contributed by atoms with Gasteiger partial charge >= 0.3 is 5.97 Å². The van der Waals surface area contributed by atoms with Gasteiger partial charge in [-0.3, -0.25) is 9.59 Å². The van der Waals surface area contributed by atoms with Gasteiger partial charge in [-0.2, -0.15) is 0 Å². The number of hydrogen-bond acceptors (Lipinski definition) is 4. The summed E-state index contributed by atoms with van der Waals surface area (Å²) in [6.45, 7) is 3.15. The molecule has 150 valence electrons. The highest BCUT2D eigenvalue weighted by Crippen LogP contribution is 2.26. The SMILES string of the molecule is COc1ccc2cc([C@H](C)C(=O)NCC(C(=O)O)C3CCOCC3)ccc2c1. The lowest BCUT2D eigenvalue weighted by Gasteiger charge is -2.28. The predicted octanol–water partition coefficient (Wildman–Crippen LogP) is 3.20. The summed E-state index contributed by atoms with van der Waals surface area (Å²) in [5.41, 5.74) is 0.896. The molecule has 28 heavy (non-hydrogen) atoms. The zero-order valence-corrected chi connectivity index (χ0v) is 16.3. The number of amides is 1. The van der Waals surface area contributed by atoms with Crippen molar-refractivity contribution in [2.75, 3.05) is 26.9 Å². The number of carbonyl (C=O) groups is 2. The van der Waals surface area contributed by atoms with Gasteiger partial charge in [-0.15, -0.1) is 0 Å². The minimum Gasteiger partial charge on any atom is -0.497 e. The first-order valence-electron chi connectivity index (χ1n) is 9.65. The van der Waals surface area contributed by atoms with Gasteiger partial charge in [0.15, 0.2) is 0 Å². The summed E-state index contributed by atoms with van der Waals surface area (Å²) in [4.78, 5) is 24.3. The molecule has 0 aliphatic carbocycles. The highest BCUT2D eigenvalue weighted by molar-refractivity contribution is 5.88. The molecule has 1 amide bonds. The van der Waals surface area contributed by atoms with Crippen LogP contribution in [0.2, 0.25) is 0 Å². The van der Waals surface area contributed by atoms with E-state index in [2.05, 4.69) is 5.32 Å². The molecule has 1 aliphatic heterocycles. The molecule has 6 heteroatoms. The summed E-state index contributed by atoms with van der Waals surface area (Å²) in [6, 6.07) is 11.7. The minimum atomic E-state index is -0.862. The van der Waals surface area contributed by atoms with Gasteiger partial charge in [-0.1, -0.05) is 24.3 Å². The Morgan fingerprint density at radius 2 is 1.86 bits per heavy atom. The normalized spacial score (nSPS) is 17.1. The second-order valence-corrected chi connectivity index (χ2v) is 7.33. The third kappa shape index (κ3) is 4.62. The van der Waals surface area contributed by atoms with Gasteiger partial charge in [-0.05, 0) is 54.2 Å². The summed E-state index contributed by atoms with van der Waals surface area (Å²) < 4.78 is 10.6. The molecule has 2 N–H and O–H groups in total. The van der Waals surface area contributed by atoms with E-state index >= 15 is 0 Å². The number of carboxylic acids is 1. The van der Waals surface area contributed by atoms with Crippen molar-refractivity contribution in [2.45, 2.75) is 25.7 Å². The maximum Gasteiger partial charge on any atom is 0.308 e. The van der Waals surface area contributed by atoms with Crippen LogP contribution in [0.5, 0.6) is 5.75 Å². The molecule has 2 aromatic rings. The number of carboxylic acid groups (broad SMARTS) is 1. The van der Waals surface area contributed by atoms with E-state index in [1.54, 1.807) is 7.11 Å². The van der Waals surface area contributed by atoms with Crippen molar-refractivity contribution in [3.63, 3.8) is 0 Å². The van der Waals surface area contributed by atoms with Crippen LogP contribution in [0.1, 0.15) is 31.2 Å². The van der Waals surface area contributed by atoms with Gasteiger partial charge in [0.05, 0.1) is 18.9 Å². The lowest BCUT2D eigenvalue weighted by Crippen LogP contribution is -2.40. The topological polar surface area (TPSA) is 84.9 Å². The van der Waals surface area contributed by atoms with Gasteiger partial charge in [0, 0.05) is 19.8 Å². The van der Waals surface area contributed by atoms with Crippen molar-refractivity contribution < 1.29 is 24.2 Å². The minimum absolute atomic E-state index is 0.0394. The van der Waals surface area contributed by atoms with Crippen molar-refractivity contribution in [3.05, 3.63) is 42.0 Å². The molecule has 0 bridgehead atoms. The van der Waals surface area contributed by atoms with Crippen molar-refractivity contribution in [3.8, 4) is 5.75 Å². The lowest BCUT2D eigenvalue weighted by atomic mass is 9.85. The molecule has 0 saturated carbocycles. The molecule has 1 heterocycles. The Bertz CT molecular complexity index is 844. The summed E-state index contributed by atoms with van der Waals surface area (Å²) in [7, 11) is 1.63. The van der Waals surface area contributed by atoms with E-state index < -0.39 is 11.9 Å². The fraction of sp³-hybridized carbons (Fsp3) is 0.455. The second kappa shape index (κ2) is 9.06. The fourth-order valence-electron chi connectivity index (χ4n) is 3.73. The van der Waals surface area contributed by atoms with Gasteiger partial charge in [0.2, 0.25) is 5.91 Å². The zero-order chi connectivity index (χ0) is 20.1. The molecule has 0 aromatic heterocycles. The number of rotatable bonds is 7. The Hall–Kier alpha value is -2.60. The van der Waals surface area contributed by atoms with Crippen LogP contribution in [-0.4, -0.2) is 43.9 Å². The van der Waals surface area contributed by atoms with Crippen LogP contribution < -0.4 is 10.1 Å². The largest absolute Gasteiger partial charge is 0.497 e. The molecule has 2 atom stereocenters. The van der Waals surface area contributed by atoms with E-state index in [1.807, 2.05) is 43.3 Å². The lowest BCUT2D eigenvalue weighted by molar-refractivity contribution is -0.145. The van der Waals surface area contributed by atoms with Gasteiger partial charge < -0.3 is 19.9 Å². The Kier molecular flexibility index (Phi) is 6.52. The zero-order valence-electron chi connectivity index (χ0n) is 16.3. The molecule has 1 unspecified atom stereocenters. The molecule has 1 aliphatic rings. The molecular formula is C22H27NO5. The first kappa shape index (κ1) is 20.1. The predicted molar refractivity (Wildman–Crippen MR) is 107 cm³/mol. The number of aliphatic carboxylic acids is 1. The summed E-state index contributed by atoms with van der Waals surface area (Å²) >= 11 is 0. The van der Waals surface area contributed by atoms with E-state index in [1.165, 1.54) is 0 Å². The fourth-order valence-corrected chi connectivity index (χ4v) is 3.73. The average Bonchev–Trinajstić information content (AvgIpc) is 2.72. The molecule has 1 fully saturated rings. The van der Waals surface area contributed by atoms with Gasteiger partial charge in [0.25, 0.3) is 0 Å². The van der Waals surface area contributed by atoms with Crippen LogP contribution in [0.4, 0.5) is 0 Å². The van der Waals surface area contributed by atoms with Gasteiger partial charge in [0.1, 0.15) is 5.75 Å². The van der Waals surface area contributed by atoms with Crippen molar-refractivity contribution in [2.24, 2.45) is 11.8 Å². The van der Waals surface area contributed by atoms with E-state index in [9.17, 15) is 14.7 Å². The first-order valence-corrected chi connectivity index (χ1v) is 9.65. The molecule has 6 nitrogen and oxygen atoms in total. The monoisotopic (exact) mass is 385 g/mol. The average molecular weight is 385 g/mol. The van der Waals surface area contributed by atoms with E-state index in [4.69, 9.17) is 9.47 Å². The van der Waals surface area contributed by atoms with Crippen molar-refractivity contribution >= 4 is 22.6 Å². The summed E-state index contributed by atoms with van der Waals surface area (Å²) in [5, 5.41) is 14.5. The smallest absolute Gasteiger partial charge is 0.308 e. The van der Waals surface area contributed by atoms with Crippen LogP contribution in [-0.2, 0) is 14.3 Å². The van der Waals surface area contributed by atoms with Crippen LogP contribution >= 0.6 is 0 Å². The van der Waals surface area contributed by atoms with E-state index in [0.717, 1.165) is 34.9 Å². The number of nitrogens with one attached hydrogen (secondary N) is 1. The molecular weight excluding hydrogens is 358 g/mol. The first-order chi connectivity index (χ1) is 13.5.